The molecule has 1 unspecified atom stereocenters. The van der Waals surface area contributed by atoms with Gasteiger partial charge in [0.1, 0.15) is 24.3 Å². The molecule has 0 radical (unpaired) electrons. The third-order valence-corrected chi connectivity index (χ3v) is 3.10. The molecule has 0 heterocycles. The second-order valence-electron chi connectivity index (χ2n) is 4.59. The maximum atomic E-state index is 14.1. The minimum absolute atomic E-state index is 0.0191. The number of hydrogen-bond acceptors (Lipinski definition) is 1. The lowest BCUT2D eigenvalue weighted by atomic mass is 10.0. The van der Waals surface area contributed by atoms with E-state index in [9.17, 15) is 8.78 Å². The van der Waals surface area contributed by atoms with Crippen LogP contribution in [-0.2, 0) is 6.42 Å². The molecular weight excluding hydrogens is 246 g/mol. The van der Waals surface area contributed by atoms with Gasteiger partial charge in [0.05, 0.1) is 0 Å². The minimum atomic E-state index is -1.00. The van der Waals surface area contributed by atoms with E-state index in [1.807, 2.05) is 19.1 Å². The van der Waals surface area contributed by atoms with Crippen LogP contribution in [0.4, 0.5) is 8.78 Å². The summed E-state index contributed by atoms with van der Waals surface area (Å²) in [5.74, 6) is 0.192. The quantitative estimate of drug-likeness (QED) is 0.647. The van der Waals surface area contributed by atoms with Gasteiger partial charge in [0, 0.05) is 5.56 Å². The topological polar surface area (TPSA) is 9.23 Å². The number of allylic oxidation sites excluding steroid dienone is 2. The molecule has 1 atom stereocenters. The van der Waals surface area contributed by atoms with Crippen LogP contribution in [0.3, 0.4) is 0 Å². The average molecular weight is 268 g/mol. The first-order valence-electron chi connectivity index (χ1n) is 6.76. The standard InChI is InChI=1S/C16H22F2O/c1-4-6-7-8-13-9-10-15(12(3)16(13)18)19-11-14(17)5-2/h4,6,9-10,14H,5,7-8,11H2,1-3H3/b6-4+. The lowest BCUT2D eigenvalue weighted by molar-refractivity contribution is 0.190. The van der Waals surface area contributed by atoms with E-state index in [0.717, 1.165) is 6.42 Å². The van der Waals surface area contributed by atoms with Gasteiger partial charge in [-0.05, 0) is 44.7 Å². The van der Waals surface area contributed by atoms with Gasteiger partial charge >= 0.3 is 0 Å². The van der Waals surface area contributed by atoms with Crippen LogP contribution in [0.15, 0.2) is 24.3 Å². The van der Waals surface area contributed by atoms with E-state index in [-0.39, 0.29) is 12.4 Å². The number of halogens is 2. The van der Waals surface area contributed by atoms with Gasteiger partial charge in [0.25, 0.3) is 0 Å². The van der Waals surface area contributed by atoms with Crippen LogP contribution in [0.2, 0.25) is 0 Å². The van der Waals surface area contributed by atoms with Crippen molar-refractivity contribution < 1.29 is 13.5 Å². The molecule has 0 aliphatic carbocycles. The first-order valence-corrected chi connectivity index (χ1v) is 6.76. The molecule has 0 bridgehead atoms. The highest BCUT2D eigenvalue weighted by Crippen LogP contribution is 2.25. The highest BCUT2D eigenvalue weighted by Gasteiger charge is 2.12. The van der Waals surface area contributed by atoms with Gasteiger partial charge in [0.15, 0.2) is 0 Å². The maximum Gasteiger partial charge on any atom is 0.134 e. The van der Waals surface area contributed by atoms with Crippen molar-refractivity contribution in [1.29, 1.82) is 0 Å². The first-order chi connectivity index (χ1) is 9.10. The van der Waals surface area contributed by atoms with Crippen LogP contribution in [0, 0.1) is 12.7 Å². The molecule has 1 nitrogen and oxygen atoms in total. The van der Waals surface area contributed by atoms with Crippen molar-refractivity contribution in [3.63, 3.8) is 0 Å². The zero-order valence-corrected chi connectivity index (χ0v) is 11.9. The first kappa shape index (κ1) is 15.7. The Balaban J connectivity index is 2.73. The molecule has 0 spiro atoms. The van der Waals surface area contributed by atoms with Crippen LogP contribution in [0.1, 0.15) is 37.8 Å². The van der Waals surface area contributed by atoms with Crippen LogP contribution in [0.25, 0.3) is 0 Å². The van der Waals surface area contributed by atoms with E-state index in [4.69, 9.17) is 4.74 Å². The van der Waals surface area contributed by atoms with Crippen LogP contribution < -0.4 is 4.74 Å². The third-order valence-electron chi connectivity index (χ3n) is 3.10. The second-order valence-corrected chi connectivity index (χ2v) is 4.59. The lowest BCUT2D eigenvalue weighted by Gasteiger charge is -2.13. The summed E-state index contributed by atoms with van der Waals surface area (Å²) in [4.78, 5) is 0. The highest BCUT2D eigenvalue weighted by molar-refractivity contribution is 5.38. The van der Waals surface area contributed by atoms with Gasteiger partial charge in [-0.2, -0.15) is 0 Å². The largest absolute Gasteiger partial charge is 0.490 e. The molecule has 1 rings (SSSR count). The molecule has 1 aromatic carbocycles. The molecular formula is C16H22F2O. The van der Waals surface area contributed by atoms with Gasteiger partial charge in [-0.15, -0.1) is 0 Å². The summed E-state index contributed by atoms with van der Waals surface area (Å²) in [6, 6.07) is 3.45. The van der Waals surface area contributed by atoms with Gasteiger partial charge in [0.2, 0.25) is 0 Å². The number of alkyl halides is 1. The van der Waals surface area contributed by atoms with Crippen molar-refractivity contribution in [1.82, 2.24) is 0 Å². The highest BCUT2D eigenvalue weighted by atomic mass is 19.1. The molecule has 19 heavy (non-hydrogen) atoms. The summed E-state index contributed by atoms with van der Waals surface area (Å²) in [5, 5.41) is 0. The second kappa shape index (κ2) is 7.93. The Bertz CT molecular complexity index is 427. The van der Waals surface area contributed by atoms with Crippen LogP contribution in [-0.4, -0.2) is 12.8 Å². The molecule has 106 valence electrons. The van der Waals surface area contributed by atoms with E-state index in [2.05, 4.69) is 0 Å². The summed E-state index contributed by atoms with van der Waals surface area (Å²) in [6.07, 6.45) is 4.84. The van der Waals surface area contributed by atoms with Gasteiger partial charge in [-0.3, -0.25) is 0 Å². The monoisotopic (exact) mass is 268 g/mol. The fraction of sp³-hybridized carbons (Fsp3) is 0.500. The maximum absolute atomic E-state index is 14.1. The molecule has 0 aliphatic rings. The summed E-state index contributed by atoms with van der Waals surface area (Å²) in [6.45, 7) is 5.35. The van der Waals surface area contributed by atoms with Crippen molar-refractivity contribution in [3.8, 4) is 5.75 Å². The van der Waals surface area contributed by atoms with Gasteiger partial charge in [-0.1, -0.05) is 25.1 Å². The summed E-state index contributed by atoms with van der Waals surface area (Å²) >= 11 is 0. The summed E-state index contributed by atoms with van der Waals surface area (Å²) in [5.41, 5.74) is 1.14. The van der Waals surface area contributed by atoms with Crippen molar-refractivity contribution in [2.24, 2.45) is 0 Å². The Kier molecular flexibility index (Phi) is 6.54. The molecule has 0 saturated heterocycles. The summed E-state index contributed by atoms with van der Waals surface area (Å²) < 4.78 is 32.5. The Morgan fingerprint density at radius 1 is 1.37 bits per heavy atom. The summed E-state index contributed by atoms with van der Waals surface area (Å²) in [7, 11) is 0. The fourth-order valence-corrected chi connectivity index (χ4v) is 1.78. The molecule has 0 aromatic heterocycles. The average Bonchev–Trinajstić information content (AvgIpc) is 2.42. The molecule has 0 aliphatic heterocycles. The normalized spacial score (nSPS) is 12.9. The van der Waals surface area contributed by atoms with E-state index in [0.29, 0.717) is 29.7 Å². The van der Waals surface area contributed by atoms with E-state index in [1.54, 1.807) is 26.0 Å². The Morgan fingerprint density at radius 3 is 2.74 bits per heavy atom. The van der Waals surface area contributed by atoms with Crippen molar-refractivity contribution in [2.75, 3.05) is 6.61 Å². The molecule has 0 N–H and O–H groups in total. The van der Waals surface area contributed by atoms with Crippen molar-refractivity contribution >= 4 is 0 Å². The zero-order chi connectivity index (χ0) is 14.3. The SMILES string of the molecule is C/C=C/CCc1ccc(OCC(F)CC)c(C)c1F. The number of ether oxygens (including phenoxy) is 1. The smallest absolute Gasteiger partial charge is 0.134 e. The van der Waals surface area contributed by atoms with Crippen molar-refractivity contribution in [2.45, 2.75) is 46.2 Å². The van der Waals surface area contributed by atoms with E-state index >= 15 is 0 Å². The molecule has 0 fully saturated rings. The number of aryl methyl sites for hydroxylation is 1. The van der Waals surface area contributed by atoms with Crippen molar-refractivity contribution in [3.05, 3.63) is 41.2 Å². The Morgan fingerprint density at radius 2 is 2.11 bits per heavy atom. The molecule has 3 heteroatoms. The van der Waals surface area contributed by atoms with Crippen LogP contribution in [0.5, 0.6) is 5.75 Å². The van der Waals surface area contributed by atoms with E-state index < -0.39 is 6.17 Å². The Hall–Kier alpha value is -1.38. The van der Waals surface area contributed by atoms with Crippen LogP contribution >= 0.6 is 0 Å². The van der Waals surface area contributed by atoms with Gasteiger partial charge in [-0.25, -0.2) is 8.78 Å². The fourth-order valence-electron chi connectivity index (χ4n) is 1.78. The molecule has 0 amide bonds. The number of rotatable bonds is 7. The minimum Gasteiger partial charge on any atom is -0.490 e. The predicted octanol–water partition coefficient (Wildman–Crippen LogP) is 4.77. The lowest BCUT2D eigenvalue weighted by Crippen LogP contribution is -2.12. The number of hydrogen-bond donors (Lipinski definition) is 0. The zero-order valence-electron chi connectivity index (χ0n) is 11.9. The third kappa shape index (κ3) is 4.66. The molecule has 1 aromatic rings. The Labute approximate surface area is 114 Å². The van der Waals surface area contributed by atoms with Gasteiger partial charge < -0.3 is 4.74 Å². The predicted molar refractivity (Wildman–Crippen MR) is 75.0 cm³/mol. The number of benzene rings is 1. The van der Waals surface area contributed by atoms with E-state index in [1.165, 1.54) is 0 Å². The molecule has 0 saturated carbocycles.